The van der Waals surface area contributed by atoms with E-state index >= 15 is 0 Å². The first-order valence-corrected chi connectivity index (χ1v) is 6.14. The number of amides is 1. The first-order chi connectivity index (χ1) is 9.43. The van der Waals surface area contributed by atoms with E-state index in [1.54, 1.807) is 0 Å². The number of benzene rings is 1. The lowest BCUT2D eigenvalue weighted by molar-refractivity contribution is -0.384. The molecule has 1 fully saturated rings. The summed E-state index contributed by atoms with van der Waals surface area (Å²) in [7, 11) is 0. The first kappa shape index (κ1) is 14.1. The average molecular weight is 278 g/mol. The molecule has 0 spiro atoms. The summed E-state index contributed by atoms with van der Waals surface area (Å²) < 4.78 is 0. The summed E-state index contributed by atoms with van der Waals surface area (Å²) in [6.45, 7) is 1.50. The number of hydrogen-bond acceptors (Lipinski definition) is 5. The summed E-state index contributed by atoms with van der Waals surface area (Å²) in [5.41, 5.74) is 0.319. The molecule has 0 saturated carbocycles. The zero-order valence-electron chi connectivity index (χ0n) is 10.9. The van der Waals surface area contributed by atoms with E-state index in [0.717, 1.165) is 0 Å². The Labute approximate surface area is 115 Å². The van der Waals surface area contributed by atoms with Crippen LogP contribution < -0.4 is 4.90 Å². The minimum Gasteiger partial charge on any atom is -0.396 e. The topological polar surface area (TPSA) is 101 Å². The third-order valence-corrected chi connectivity index (χ3v) is 3.32. The van der Waals surface area contributed by atoms with Crippen molar-refractivity contribution in [1.82, 2.24) is 0 Å². The molecule has 7 heteroatoms. The van der Waals surface area contributed by atoms with Crippen LogP contribution in [0.5, 0.6) is 0 Å². The van der Waals surface area contributed by atoms with Crippen molar-refractivity contribution in [3.63, 3.8) is 0 Å². The van der Waals surface area contributed by atoms with Crippen LogP contribution in [0, 0.1) is 16.0 Å². The Kier molecular flexibility index (Phi) is 3.80. The van der Waals surface area contributed by atoms with E-state index in [1.807, 2.05) is 0 Å². The van der Waals surface area contributed by atoms with E-state index in [4.69, 9.17) is 5.11 Å². The lowest BCUT2D eigenvalue weighted by atomic mass is 10.1. The number of carbonyl (C=O) groups excluding carboxylic acids is 2. The number of aliphatic hydroxyl groups excluding tert-OH is 1. The van der Waals surface area contributed by atoms with Gasteiger partial charge in [-0.2, -0.15) is 0 Å². The van der Waals surface area contributed by atoms with Gasteiger partial charge in [0.25, 0.3) is 5.69 Å². The summed E-state index contributed by atoms with van der Waals surface area (Å²) in [5.74, 6) is -0.707. The Morgan fingerprint density at radius 2 is 2.25 bits per heavy atom. The molecule has 106 valence electrons. The Hall–Kier alpha value is -2.28. The normalized spacial score (nSPS) is 18.4. The molecule has 1 aliphatic rings. The molecule has 7 nitrogen and oxygen atoms in total. The molecule has 1 amide bonds. The molecule has 1 aromatic carbocycles. The van der Waals surface area contributed by atoms with Gasteiger partial charge in [0, 0.05) is 43.2 Å². The van der Waals surface area contributed by atoms with E-state index in [1.165, 1.54) is 30.0 Å². The van der Waals surface area contributed by atoms with E-state index in [2.05, 4.69) is 0 Å². The highest BCUT2D eigenvalue weighted by atomic mass is 16.6. The maximum absolute atomic E-state index is 11.9. The van der Waals surface area contributed by atoms with Crippen LogP contribution in [0.1, 0.15) is 23.7 Å². The molecule has 1 heterocycles. The maximum Gasteiger partial charge on any atom is 0.270 e. The monoisotopic (exact) mass is 278 g/mol. The summed E-state index contributed by atoms with van der Waals surface area (Å²) in [5, 5.41) is 19.9. The molecule has 1 unspecified atom stereocenters. The van der Waals surface area contributed by atoms with Crippen LogP contribution in [-0.2, 0) is 4.79 Å². The van der Waals surface area contributed by atoms with Gasteiger partial charge in [0.05, 0.1) is 10.6 Å². The van der Waals surface area contributed by atoms with Gasteiger partial charge in [0.1, 0.15) is 0 Å². The van der Waals surface area contributed by atoms with Crippen LogP contribution in [-0.4, -0.2) is 34.9 Å². The lowest BCUT2D eigenvalue weighted by Gasteiger charge is -2.19. The van der Waals surface area contributed by atoms with Crippen molar-refractivity contribution in [2.45, 2.75) is 13.3 Å². The van der Waals surface area contributed by atoms with Crippen molar-refractivity contribution >= 4 is 23.1 Å². The highest BCUT2D eigenvalue weighted by Crippen LogP contribution is 2.30. The van der Waals surface area contributed by atoms with Gasteiger partial charge >= 0.3 is 0 Å². The minimum atomic E-state index is -0.585. The molecule has 1 N–H and O–H groups in total. The fraction of sp³-hybridized carbons (Fsp3) is 0.385. The zero-order valence-corrected chi connectivity index (χ0v) is 10.9. The Morgan fingerprint density at radius 3 is 2.75 bits per heavy atom. The highest BCUT2D eigenvalue weighted by molar-refractivity contribution is 6.06. The number of ketones is 1. The smallest absolute Gasteiger partial charge is 0.270 e. The molecule has 20 heavy (non-hydrogen) atoms. The molecule has 0 bridgehead atoms. The fourth-order valence-corrected chi connectivity index (χ4v) is 2.29. The standard InChI is InChI=1S/C13H14N2O5/c1-8(17)11-5-10(15(19)20)2-3-12(11)14-6-9(7-16)4-13(14)18/h2-3,5,9,16H,4,6-7H2,1H3. The van der Waals surface area contributed by atoms with E-state index in [-0.39, 0.29) is 41.9 Å². The van der Waals surface area contributed by atoms with E-state index < -0.39 is 4.92 Å². The van der Waals surface area contributed by atoms with Gasteiger partial charge in [-0.15, -0.1) is 0 Å². The predicted octanol–water partition coefficient (Wildman–Crippen LogP) is 1.14. The molecule has 0 aliphatic carbocycles. The Morgan fingerprint density at radius 1 is 1.55 bits per heavy atom. The van der Waals surface area contributed by atoms with Gasteiger partial charge in [0.15, 0.2) is 5.78 Å². The van der Waals surface area contributed by atoms with Crippen LogP contribution in [0.15, 0.2) is 18.2 Å². The Balaban J connectivity index is 2.44. The first-order valence-electron chi connectivity index (χ1n) is 6.14. The van der Waals surface area contributed by atoms with Gasteiger partial charge in [-0.3, -0.25) is 19.7 Å². The van der Waals surface area contributed by atoms with E-state index in [9.17, 15) is 19.7 Å². The van der Waals surface area contributed by atoms with Crippen LogP contribution in [0.2, 0.25) is 0 Å². The van der Waals surface area contributed by atoms with Crippen molar-refractivity contribution in [3.8, 4) is 0 Å². The molecule has 2 rings (SSSR count). The molecular weight excluding hydrogens is 264 g/mol. The number of carbonyl (C=O) groups is 2. The van der Waals surface area contributed by atoms with Crippen LogP contribution in [0.3, 0.4) is 0 Å². The van der Waals surface area contributed by atoms with Gasteiger partial charge in [-0.25, -0.2) is 0 Å². The van der Waals surface area contributed by atoms with Gasteiger partial charge in [0.2, 0.25) is 5.91 Å². The van der Waals surface area contributed by atoms with Gasteiger partial charge in [-0.1, -0.05) is 0 Å². The SMILES string of the molecule is CC(=O)c1cc([N+](=O)[O-])ccc1N1CC(CO)CC1=O. The van der Waals surface area contributed by atoms with Crippen LogP contribution >= 0.6 is 0 Å². The zero-order chi connectivity index (χ0) is 14.9. The number of nitrogens with zero attached hydrogens (tertiary/aromatic N) is 2. The molecule has 1 aliphatic heterocycles. The second kappa shape index (κ2) is 5.38. The van der Waals surface area contributed by atoms with Crippen molar-refractivity contribution in [1.29, 1.82) is 0 Å². The fourth-order valence-electron chi connectivity index (χ4n) is 2.29. The quantitative estimate of drug-likeness (QED) is 0.505. The molecule has 0 aromatic heterocycles. The van der Waals surface area contributed by atoms with Crippen molar-refractivity contribution in [2.24, 2.45) is 5.92 Å². The Bertz CT molecular complexity index is 584. The van der Waals surface area contributed by atoms with Gasteiger partial charge in [-0.05, 0) is 13.0 Å². The summed E-state index contributed by atoms with van der Waals surface area (Å²) >= 11 is 0. The third kappa shape index (κ3) is 2.53. The second-order valence-corrected chi connectivity index (χ2v) is 4.77. The number of rotatable bonds is 4. The molecule has 0 radical (unpaired) electrons. The van der Waals surface area contributed by atoms with Gasteiger partial charge < -0.3 is 10.0 Å². The molecule has 1 atom stereocenters. The molecule has 1 aromatic rings. The molecule has 1 saturated heterocycles. The predicted molar refractivity (Wildman–Crippen MR) is 70.6 cm³/mol. The van der Waals surface area contributed by atoms with Crippen molar-refractivity contribution < 1.29 is 19.6 Å². The lowest BCUT2D eigenvalue weighted by Crippen LogP contribution is -2.26. The second-order valence-electron chi connectivity index (χ2n) is 4.77. The molecular formula is C13H14N2O5. The average Bonchev–Trinajstić information content (AvgIpc) is 2.79. The number of nitro groups is 1. The summed E-state index contributed by atoms with van der Waals surface area (Å²) in [6, 6.07) is 3.85. The highest BCUT2D eigenvalue weighted by Gasteiger charge is 2.32. The summed E-state index contributed by atoms with van der Waals surface area (Å²) in [4.78, 5) is 35.1. The number of hydrogen-bond donors (Lipinski definition) is 1. The number of anilines is 1. The number of Topliss-reactive ketones (excluding diaryl/α,β-unsaturated/α-hetero) is 1. The largest absolute Gasteiger partial charge is 0.396 e. The summed E-state index contributed by atoms with van der Waals surface area (Å²) in [6.07, 6.45) is 0.213. The minimum absolute atomic E-state index is 0.107. The van der Waals surface area contributed by atoms with Crippen molar-refractivity contribution in [2.75, 3.05) is 18.1 Å². The van der Waals surface area contributed by atoms with Crippen molar-refractivity contribution in [3.05, 3.63) is 33.9 Å². The van der Waals surface area contributed by atoms with E-state index in [0.29, 0.717) is 12.2 Å². The number of nitro benzene ring substituents is 1. The van der Waals surface area contributed by atoms with Crippen LogP contribution in [0.25, 0.3) is 0 Å². The number of non-ortho nitro benzene ring substituents is 1. The maximum atomic E-state index is 11.9. The number of aliphatic hydroxyl groups is 1. The van der Waals surface area contributed by atoms with Crippen LogP contribution in [0.4, 0.5) is 11.4 Å². The third-order valence-electron chi connectivity index (χ3n) is 3.32.